The first kappa shape index (κ1) is 12.4. The first-order valence-electron chi connectivity index (χ1n) is 4.50. The highest BCUT2D eigenvalue weighted by atomic mass is 35.5. The molecule has 0 aliphatic heterocycles. The Balaban J connectivity index is 2.98. The summed E-state index contributed by atoms with van der Waals surface area (Å²) in [7, 11) is 0. The molecule has 0 aliphatic rings. The van der Waals surface area contributed by atoms with Gasteiger partial charge in [0.1, 0.15) is 11.2 Å². The molecular weight excluding hydrogens is 286 g/mol. The van der Waals surface area contributed by atoms with Crippen LogP contribution in [0.15, 0.2) is 12.3 Å². The van der Waals surface area contributed by atoms with Gasteiger partial charge in [0.05, 0.1) is 20.5 Å². The Hall–Kier alpha value is -1.10. The van der Waals surface area contributed by atoms with Gasteiger partial charge in [0.25, 0.3) is 0 Å². The number of nitro groups is 1. The lowest BCUT2D eigenvalue weighted by Gasteiger charge is -2.07. The van der Waals surface area contributed by atoms with E-state index in [0.717, 1.165) is 6.20 Å². The standard InChI is InChI=1S/C10H5Cl3N2O2/c1-4-2-5(11)10-7(8(4)12)9(13)6(3-14-10)15(16)17/h2-3H,1H3. The van der Waals surface area contributed by atoms with Gasteiger partial charge in [-0.1, -0.05) is 34.8 Å². The second-order valence-electron chi connectivity index (χ2n) is 3.43. The fourth-order valence-electron chi connectivity index (χ4n) is 1.51. The van der Waals surface area contributed by atoms with Crippen LogP contribution in [0.25, 0.3) is 10.9 Å². The summed E-state index contributed by atoms with van der Waals surface area (Å²) in [6, 6.07) is 1.64. The number of hydrogen-bond acceptors (Lipinski definition) is 3. The Morgan fingerprint density at radius 1 is 1.29 bits per heavy atom. The average molecular weight is 292 g/mol. The van der Waals surface area contributed by atoms with Crippen molar-refractivity contribution in [2.24, 2.45) is 0 Å². The van der Waals surface area contributed by atoms with Gasteiger partial charge in [-0.15, -0.1) is 0 Å². The maximum Gasteiger partial charge on any atom is 0.306 e. The van der Waals surface area contributed by atoms with Crippen LogP contribution in [0.5, 0.6) is 0 Å². The second kappa shape index (κ2) is 4.29. The molecule has 2 rings (SSSR count). The summed E-state index contributed by atoms with van der Waals surface area (Å²) < 4.78 is 0. The van der Waals surface area contributed by atoms with Crippen molar-refractivity contribution in [1.29, 1.82) is 0 Å². The molecule has 1 aromatic heterocycles. The number of pyridine rings is 1. The van der Waals surface area contributed by atoms with Gasteiger partial charge in [-0.05, 0) is 18.6 Å². The molecule has 0 N–H and O–H groups in total. The van der Waals surface area contributed by atoms with Gasteiger partial charge in [-0.3, -0.25) is 10.1 Å². The molecule has 0 spiro atoms. The Morgan fingerprint density at radius 2 is 1.94 bits per heavy atom. The van der Waals surface area contributed by atoms with Crippen molar-refractivity contribution >= 4 is 51.4 Å². The van der Waals surface area contributed by atoms with Gasteiger partial charge < -0.3 is 0 Å². The Bertz CT molecular complexity index is 643. The van der Waals surface area contributed by atoms with Gasteiger partial charge in [0.15, 0.2) is 0 Å². The van der Waals surface area contributed by atoms with Crippen LogP contribution < -0.4 is 0 Å². The number of nitrogens with zero attached hydrogens (tertiary/aromatic N) is 2. The minimum Gasteiger partial charge on any atom is -0.258 e. The highest BCUT2D eigenvalue weighted by Crippen LogP contribution is 2.39. The fraction of sp³-hybridized carbons (Fsp3) is 0.100. The lowest BCUT2D eigenvalue weighted by Crippen LogP contribution is -1.93. The summed E-state index contributed by atoms with van der Waals surface area (Å²) in [5, 5.41) is 11.7. The minimum absolute atomic E-state index is 0.0457. The molecule has 0 radical (unpaired) electrons. The molecule has 0 saturated heterocycles. The van der Waals surface area contributed by atoms with E-state index in [9.17, 15) is 10.1 Å². The zero-order chi connectivity index (χ0) is 12.7. The van der Waals surface area contributed by atoms with E-state index < -0.39 is 4.92 Å². The summed E-state index contributed by atoms with van der Waals surface area (Å²) in [6.45, 7) is 1.74. The van der Waals surface area contributed by atoms with E-state index in [2.05, 4.69) is 4.98 Å². The predicted octanol–water partition coefficient (Wildman–Crippen LogP) is 4.41. The number of halogens is 3. The van der Waals surface area contributed by atoms with Crippen LogP contribution >= 0.6 is 34.8 Å². The van der Waals surface area contributed by atoms with Crippen LogP contribution in [0.1, 0.15) is 5.56 Å². The number of fused-ring (bicyclic) bond motifs is 1. The van der Waals surface area contributed by atoms with E-state index in [1.54, 1.807) is 13.0 Å². The average Bonchev–Trinajstić information content (AvgIpc) is 2.25. The van der Waals surface area contributed by atoms with Crippen LogP contribution in [0.3, 0.4) is 0 Å². The maximum absolute atomic E-state index is 10.8. The summed E-state index contributed by atoms with van der Waals surface area (Å²) in [4.78, 5) is 14.1. The van der Waals surface area contributed by atoms with Crippen molar-refractivity contribution in [3.63, 3.8) is 0 Å². The largest absolute Gasteiger partial charge is 0.306 e. The Labute approximate surface area is 111 Å². The van der Waals surface area contributed by atoms with Crippen LogP contribution in [-0.4, -0.2) is 9.91 Å². The summed E-state index contributed by atoms with van der Waals surface area (Å²) in [5.74, 6) is 0. The van der Waals surface area contributed by atoms with Gasteiger partial charge in [-0.2, -0.15) is 0 Å². The molecule has 7 heteroatoms. The van der Waals surface area contributed by atoms with Gasteiger partial charge in [0.2, 0.25) is 0 Å². The predicted molar refractivity (Wildman–Crippen MR) is 68.2 cm³/mol. The number of hydrogen-bond donors (Lipinski definition) is 0. The first-order chi connectivity index (χ1) is 7.93. The Morgan fingerprint density at radius 3 is 2.53 bits per heavy atom. The lowest BCUT2D eigenvalue weighted by molar-refractivity contribution is -0.384. The normalized spacial score (nSPS) is 10.8. The smallest absolute Gasteiger partial charge is 0.258 e. The lowest BCUT2D eigenvalue weighted by atomic mass is 10.1. The molecule has 0 unspecified atom stereocenters. The first-order valence-corrected chi connectivity index (χ1v) is 5.64. The van der Waals surface area contributed by atoms with Crippen molar-refractivity contribution in [2.45, 2.75) is 6.92 Å². The summed E-state index contributed by atoms with van der Waals surface area (Å²) in [5.41, 5.74) is 0.758. The number of rotatable bonds is 1. The molecule has 2 aromatic rings. The van der Waals surface area contributed by atoms with Gasteiger partial charge >= 0.3 is 5.69 Å². The van der Waals surface area contributed by atoms with Crippen molar-refractivity contribution < 1.29 is 4.92 Å². The van der Waals surface area contributed by atoms with E-state index in [1.165, 1.54) is 0 Å². The van der Waals surface area contributed by atoms with Crippen LogP contribution in [-0.2, 0) is 0 Å². The van der Waals surface area contributed by atoms with E-state index in [4.69, 9.17) is 34.8 Å². The quantitative estimate of drug-likeness (QED) is 0.577. The molecular formula is C10H5Cl3N2O2. The molecule has 4 nitrogen and oxygen atoms in total. The molecule has 0 atom stereocenters. The molecule has 1 heterocycles. The van der Waals surface area contributed by atoms with E-state index in [-0.39, 0.29) is 10.7 Å². The van der Waals surface area contributed by atoms with Crippen molar-refractivity contribution in [3.8, 4) is 0 Å². The van der Waals surface area contributed by atoms with Crippen molar-refractivity contribution in [3.05, 3.63) is 43.0 Å². The molecule has 0 amide bonds. The highest BCUT2D eigenvalue weighted by molar-refractivity contribution is 6.46. The Kier molecular flexibility index (Phi) is 3.12. The molecule has 0 aliphatic carbocycles. The maximum atomic E-state index is 10.8. The third kappa shape index (κ3) is 1.92. The molecule has 17 heavy (non-hydrogen) atoms. The monoisotopic (exact) mass is 290 g/mol. The SMILES string of the molecule is Cc1cc(Cl)c2ncc([N+](=O)[O-])c(Cl)c2c1Cl. The van der Waals surface area contributed by atoms with Crippen molar-refractivity contribution in [1.82, 2.24) is 4.98 Å². The van der Waals surface area contributed by atoms with Crippen LogP contribution in [0.2, 0.25) is 15.1 Å². The third-order valence-electron chi connectivity index (χ3n) is 2.33. The zero-order valence-corrected chi connectivity index (χ0v) is 10.8. The van der Waals surface area contributed by atoms with E-state index >= 15 is 0 Å². The summed E-state index contributed by atoms with van der Waals surface area (Å²) >= 11 is 18.0. The number of aromatic nitrogens is 1. The molecule has 0 bridgehead atoms. The summed E-state index contributed by atoms with van der Waals surface area (Å²) in [6.07, 6.45) is 1.07. The number of benzene rings is 1. The van der Waals surface area contributed by atoms with Gasteiger partial charge in [-0.25, -0.2) is 4.98 Å². The van der Waals surface area contributed by atoms with Crippen LogP contribution in [0.4, 0.5) is 5.69 Å². The van der Waals surface area contributed by atoms with Crippen molar-refractivity contribution in [2.75, 3.05) is 0 Å². The molecule has 0 fully saturated rings. The molecule has 0 saturated carbocycles. The molecule has 1 aromatic carbocycles. The highest BCUT2D eigenvalue weighted by Gasteiger charge is 2.20. The topological polar surface area (TPSA) is 56.0 Å². The van der Waals surface area contributed by atoms with Gasteiger partial charge in [0, 0.05) is 5.39 Å². The third-order valence-corrected chi connectivity index (χ3v) is 3.49. The minimum atomic E-state index is -0.610. The zero-order valence-electron chi connectivity index (χ0n) is 8.50. The van der Waals surface area contributed by atoms with E-state index in [0.29, 0.717) is 26.5 Å². The van der Waals surface area contributed by atoms with E-state index in [1.807, 2.05) is 0 Å². The molecule has 88 valence electrons. The number of aryl methyl sites for hydroxylation is 1. The second-order valence-corrected chi connectivity index (χ2v) is 4.59. The van der Waals surface area contributed by atoms with Crippen LogP contribution in [0, 0.1) is 17.0 Å². The fourth-order valence-corrected chi connectivity index (χ4v) is 2.40.